The molecule has 1 aliphatic rings. The monoisotopic (exact) mass is 335 g/mol. The second-order valence-corrected chi connectivity index (χ2v) is 5.98. The summed E-state index contributed by atoms with van der Waals surface area (Å²) in [7, 11) is 0. The van der Waals surface area contributed by atoms with Crippen molar-refractivity contribution >= 4 is 5.91 Å². The van der Waals surface area contributed by atoms with Gasteiger partial charge in [-0.2, -0.15) is 13.2 Å². The van der Waals surface area contributed by atoms with E-state index >= 15 is 0 Å². The van der Waals surface area contributed by atoms with Gasteiger partial charge in [-0.3, -0.25) is 9.78 Å². The van der Waals surface area contributed by atoms with Crippen LogP contribution in [-0.2, 0) is 12.0 Å². The van der Waals surface area contributed by atoms with Crippen LogP contribution >= 0.6 is 0 Å². The van der Waals surface area contributed by atoms with Crippen molar-refractivity contribution < 1.29 is 18.0 Å². The number of aryl methyl sites for hydroxylation is 1. The molecule has 0 N–H and O–H groups in total. The molecule has 0 bridgehead atoms. The Kier molecular flexibility index (Phi) is 3.81. The highest BCUT2D eigenvalue weighted by atomic mass is 19.4. The third-order valence-electron chi connectivity index (χ3n) is 4.48. The molecular formula is C17H16F3N3O. The first-order chi connectivity index (χ1) is 11.2. The van der Waals surface area contributed by atoms with Crippen LogP contribution in [0.15, 0.2) is 36.7 Å². The normalized spacial score (nSPS) is 20.6. The minimum Gasteiger partial charge on any atom is -0.319 e. The summed E-state index contributed by atoms with van der Waals surface area (Å²) in [5, 5.41) is 0. The Labute approximate surface area is 137 Å². The molecule has 1 amide bonds. The molecule has 0 aliphatic carbocycles. The van der Waals surface area contributed by atoms with Crippen molar-refractivity contribution in [2.45, 2.75) is 32.0 Å². The molecular weight excluding hydrogens is 319 g/mol. The number of amides is 1. The maximum atomic E-state index is 14.0. The first-order valence-electron chi connectivity index (χ1n) is 7.51. The predicted molar refractivity (Wildman–Crippen MR) is 81.4 cm³/mol. The third-order valence-corrected chi connectivity index (χ3v) is 4.48. The zero-order valence-corrected chi connectivity index (χ0v) is 13.3. The topological polar surface area (TPSA) is 46.1 Å². The lowest BCUT2D eigenvalue weighted by atomic mass is 9.81. The van der Waals surface area contributed by atoms with Crippen LogP contribution in [0.3, 0.4) is 0 Å². The highest BCUT2D eigenvalue weighted by Gasteiger charge is 2.59. The Bertz CT molecular complexity index is 773. The Morgan fingerprint density at radius 1 is 1.21 bits per heavy atom. The van der Waals surface area contributed by atoms with Gasteiger partial charge >= 0.3 is 6.18 Å². The molecule has 126 valence electrons. The molecule has 1 aromatic carbocycles. The maximum absolute atomic E-state index is 14.0. The van der Waals surface area contributed by atoms with Crippen molar-refractivity contribution in [2.24, 2.45) is 0 Å². The SMILES string of the molecule is Cc1cnc(C(=O)N2CCc3ccccc3[C@]2(C)C(F)(F)F)cn1. The minimum atomic E-state index is -4.61. The number of nitrogens with zero attached hydrogens (tertiary/aromatic N) is 3. The van der Waals surface area contributed by atoms with E-state index in [-0.39, 0.29) is 17.8 Å². The van der Waals surface area contributed by atoms with E-state index in [1.807, 2.05) is 0 Å². The molecule has 0 spiro atoms. The van der Waals surface area contributed by atoms with E-state index in [0.29, 0.717) is 17.7 Å². The molecule has 1 aromatic heterocycles. The second-order valence-electron chi connectivity index (χ2n) is 5.98. The van der Waals surface area contributed by atoms with Crippen LogP contribution in [0.5, 0.6) is 0 Å². The minimum absolute atomic E-state index is 0.0264. The zero-order chi connectivity index (χ0) is 17.5. The van der Waals surface area contributed by atoms with Gasteiger partial charge < -0.3 is 4.90 Å². The molecule has 3 rings (SSSR count). The largest absolute Gasteiger partial charge is 0.415 e. The smallest absolute Gasteiger partial charge is 0.319 e. The molecule has 0 saturated heterocycles. The number of benzene rings is 1. The van der Waals surface area contributed by atoms with Gasteiger partial charge in [0.1, 0.15) is 5.69 Å². The highest BCUT2D eigenvalue weighted by Crippen LogP contribution is 2.47. The standard InChI is InChI=1S/C17H16F3N3O/c1-11-9-22-14(10-21-11)15(24)23-8-7-12-5-3-4-6-13(12)16(23,2)17(18,19)20/h3-6,9-10H,7-8H2,1-2H3/t16-/m1/s1. The van der Waals surface area contributed by atoms with Crippen molar-refractivity contribution in [1.82, 2.24) is 14.9 Å². The van der Waals surface area contributed by atoms with Crippen molar-refractivity contribution in [3.05, 3.63) is 59.2 Å². The summed E-state index contributed by atoms with van der Waals surface area (Å²) in [5.74, 6) is -0.767. The summed E-state index contributed by atoms with van der Waals surface area (Å²) in [6, 6.07) is 6.37. The molecule has 0 radical (unpaired) electrons. The molecule has 4 nitrogen and oxygen atoms in total. The fourth-order valence-electron chi connectivity index (χ4n) is 3.07. The van der Waals surface area contributed by atoms with Crippen molar-refractivity contribution in [3.8, 4) is 0 Å². The number of rotatable bonds is 1. The molecule has 1 aliphatic heterocycles. The molecule has 0 fully saturated rings. The number of alkyl halides is 3. The van der Waals surface area contributed by atoms with Gasteiger partial charge in [-0.25, -0.2) is 4.98 Å². The number of halogens is 3. The van der Waals surface area contributed by atoms with E-state index in [1.54, 1.807) is 25.1 Å². The highest BCUT2D eigenvalue weighted by molar-refractivity contribution is 5.93. The van der Waals surface area contributed by atoms with Crippen molar-refractivity contribution in [1.29, 1.82) is 0 Å². The van der Waals surface area contributed by atoms with Crippen molar-refractivity contribution in [3.63, 3.8) is 0 Å². The average molecular weight is 335 g/mol. The van der Waals surface area contributed by atoms with E-state index in [9.17, 15) is 18.0 Å². The summed E-state index contributed by atoms with van der Waals surface area (Å²) in [4.78, 5) is 21.5. The Balaban J connectivity index is 2.10. The summed E-state index contributed by atoms with van der Waals surface area (Å²) < 4.78 is 41.9. The fourth-order valence-corrected chi connectivity index (χ4v) is 3.07. The van der Waals surface area contributed by atoms with E-state index in [0.717, 1.165) is 11.8 Å². The van der Waals surface area contributed by atoms with E-state index in [4.69, 9.17) is 0 Å². The average Bonchev–Trinajstić information content (AvgIpc) is 2.54. The second kappa shape index (κ2) is 5.58. The molecule has 24 heavy (non-hydrogen) atoms. The van der Waals surface area contributed by atoms with Gasteiger partial charge in [0.2, 0.25) is 0 Å². The fraction of sp³-hybridized carbons (Fsp3) is 0.353. The Morgan fingerprint density at radius 2 is 1.92 bits per heavy atom. The number of hydrogen-bond donors (Lipinski definition) is 0. The van der Waals surface area contributed by atoms with Gasteiger partial charge in [0.25, 0.3) is 5.91 Å². The molecule has 2 aromatic rings. The van der Waals surface area contributed by atoms with Crippen LogP contribution in [0.25, 0.3) is 0 Å². The molecule has 1 atom stereocenters. The van der Waals surface area contributed by atoms with Gasteiger partial charge in [0.05, 0.1) is 11.9 Å². The summed E-state index contributed by atoms with van der Waals surface area (Å²) in [5.41, 5.74) is -1.18. The first kappa shape index (κ1) is 16.4. The van der Waals surface area contributed by atoms with Gasteiger partial charge in [0.15, 0.2) is 5.54 Å². The quantitative estimate of drug-likeness (QED) is 0.804. The first-order valence-corrected chi connectivity index (χ1v) is 7.51. The van der Waals surface area contributed by atoms with Crippen LogP contribution < -0.4 is 0 Å². The van der Waals surface area contributed by atoms with Gasteiger partial charge in [0, 0.05) is 12.7 Å². The molecule has 2 heterocycles. The lowest BCUT2D eigenvalue weighted by Crippen LogP contribution is -2.59. The van der Waals surface area contributed by atoms with E-state index < -0.39 is 17.6 Å². The van der Waals surface area contributed by atoms with Crippen LogP contribution in [0.4, 0.5) is 13.2 Å². The summed E-state index contributed by atoms with van der Waals surface area (Å²) >= 11 is 0. The predicted octanol–water partition coefficient (Wildman–Crippen LogP) is 3.26. The van der Waals surface area contributed by atoms with Crippen LogP contribution in [0.2, 0.25) is 0 Å². The molecule has 7 heteroatoms. The number of hydrogen-bond acceptors (Lipinski definition) is 3. The number of carbonyl (C=O) groups excluding carboxylic acids is 1. The summed E-state index contributed by atoms with van der Waals surface area (Å²) in [6.07, 6.45) is -1.66. The van der Waals surface area contributed by atoms with Gasteiger partial charge in [-0.15, -0.1) is 0 Å². The number of carbonyl (C=O) groups is 1. The van der Waals surface area contributed by atoms with Crippen LogP contribution in [0, 0.1) is 6.92 Å². The van der Waals surface area contributed by atoms with E-state index in [2.05, 4.69) is 9.97 Å². The molecule has 0 unspecified atom stereocenters. The number of aromatic nitrogens is 2. The lowest BCUT2D eigenvalue weighted by Gasteiger charge is -2.46. The van der Waals surface area contributed by atoms with Crippen molar-refractivity contribution in [2.75, 3.05) is 6.54 Å². The van der Waals surface area contributed by atoms with Crippen LogP contribution in [-0.4, -0.2) is 33.5 Å². The van der Waals surface area contributed by atoms with Crippen LogP contribution in [0.1, 0.15) is 34.2 Å². The molecule has 0 saturated carbocycles. The summed E-state index contributed by atoms with van der Waals surface area (Å²) in [6.45, 7) is 2.71. The number of fused-ring (bicyclic) bond motifs is 1. The lowest BCUT2D eigenvalue weighted by molar-refractivity contribution is -0.225. The Morgan fingerprint density at radius 3 is 2.54 bits per heavy atom. The zero-order valence-electron chi connectivity index (χ0n) is 13.3. The maximum Gasteiger partial charge on any atom is 0.415 e. The Hall–Kier alpha value is -2.44. The third kappa shape index (κ3) is 2.44. The van der Waals surface area contributed by atoms with Gasteiger partial charge in [-0.1, -0.05) is 24.3 Å². The van der Waals surface area contributed by atoms with E-state index in [1.165, 1.54) is 18.5 Å². The van der Waals surface area contributed by atoms with Gasteiger partial charge in [-0.05, 0) is 31.4 Å².